The van der Waals surface area contributed by atoms with Crippen molar-refractivity contribution in [3.8, 4) is 0 Å². The van der Waals surface area contributed by atoms with Crippen LogP contribution in [0.15, 0.2) is 17.0 Å². The Morgan fingerprint density at radius 3 is 1.56 bits per heavy atom. The van der Waals surface area contributed by atoms with Crippen molar-refractivity contribution in [2.24, 2.45) is 5.92 Å². The zero-order valence-corrected chi connectivity index (χ0v) is 6.03. The molecule has 0 fully saturated rings. The Kier molecular flexibility index (Phi) is 4.78. The van der Waals surface area contributed by atoms with Gasteiger partial charge in [0.2, 0.25) is 0 Å². The van der Waals surface area contributed by atoms with Crippen LogP contribution in [0.5, 0.6) is 0 Å². The summed E-state index contributed by atoms with van der Waals surface area (Å²) < 4.78 is 4.08. The third kappa shape index (κ3) is 11.0. The van der Waals surface area contributed by atoms with E-state index in [2.05, 4.69) is 35.7 Å². The van der Waals surface area contributed by atoms with E-state index >= 15 is 0 Å². The van der Waals surface area contributed by atoms with Crippen molar-refractivity contribution in [3.63, 3.8) is 0 Å². The van der Waals surface area contributed by atoms with Crippen molar-refractivity contribution in [2.45, 2.75) is 20.8 Å². The molecule has 0 aliphatic heterocycles. The van der Waals surface area contributed by atoms with Crippen molar-refractivity contribution in [1.29, 1.82) is 0 Å². The van der Waals surface area contributed by atoms with Gasteiger partial charge >= 0.3 is 0 Å². The summed E-state index contributed by atoms with van der Waals surface area (Å²) in [6, 6.07) is 0. The Bertz CT molecular complexity index is 94.6. The van der Waals surface area contributed by atoms with E-state index in [-0.39, 0.29) is 0 Å². The van der Waals surface area contributed by atoms with Gasteiger partial charge in [-0.2, -0.15) is 0 Å². The summed E-state index contributed by atoms with van der Waals surface area (Å²) >= 11 is 0. The SMILES string of the molecule is CC(C)C.c1cnon1. The highest BCUT2D eigenvalue weighted by atomic mass is 16.6. The molecule has 1 aromatic heterocycles. The van der Waals surface area contributed by atoms with Crippen molar-refractivity contribution in [2.75, 3.05) is 0 Å². The summed E-state index contributed by atoms with van der Waals surface area (Å²) in [7, 11) is 0. The van der Waals surface area contributed by atoms with E-state index in [1.165, 1.54) is 12.4 Å². The molecule has 0 unspecified atom stereocenters. The maximum atomic E-state index is 4.08. The minimum atomic E-state index is 0.833. The summed E-state index contributed by atoms with van der Waals surface area (Å²) in [5.41, 5.74) is 0. The average Bonchev–Trinajstić information content (AvgIpc) is 2.11. The Balaban J connectivity index is 0.000000148. The number of rotatable bonds is 0. The molecule has 0 aliphatic carbocycles. The molecule has 0 saturated heterocycles. The van der Waals surface area contributed by atoms with Gasteiger partial charge in [0, 0.05) is 0 Å². The van der Waals surface area contributed by atoms with Crippen LogP contribution in [0.25, 0.3) is 0 Å². The number of hydrogen-bond donors (Lipinski definition) is 0. The summed E-state index contributed by atoms with van der Waals surface area (Å²) in [5.74, 6) is 0.833. The molecule has 1 heterocycles. The molecule has 3 heteroatoms. The summed E-state index contributed by atoms with van der Waals surface area (Å²) in [4.78, 5) is 0. The molecule has 0 bridgehead atoms. The fourth-order valence-corrected chi connectivity index (χ4v) is 0.136. The Hall–Kier alpha value is -0.860. The van der Waals surface area contributed by atoms with Gasteiger partial charge in [0.05, 0.1) is 12.4 Å². The van der Waals surface area contributed by atoms with Crippen LogP contribution in [0.4, 0.5) is 0 Å². The fourth-order valence-electron chi connectivity index (χ4n) is 0.136. The van der Waals surface area contributed by atoms with Gasteiger partial charge in [0.25, 0.3) is 0 Å². The summed E-state index contributed by atoms with van der Waals surface area (Å²) in [6.07, 6.45) is 2.94. The van der Waals surface area contributed by atoms with Crippen molar-refractivity contribution in [1.82, 2.24) is 10.3 Å². The van der Waals surface area contributed by atoms with Crippen LogP contribution in [0, 0.1) is 5.92 Å². The molecule has 0 amide bonds. The molecule has 0 N–H and O–H groups in total. The molecule has 0 radical (unpaired) electrons. The van der Waals surface area contributed by atoms with Crippen LogP contribution in [-0.2, 0) is 0 Å². The van der Waals surface area contributed by atoms with Crippen LogP contribution in [0.3, 0.4) is 0 Å². The van der Waals surface area contributed by atoms with Gasteiger partial charge in [-0.25, -0.2) is 4.63 Å². The molecule has 0 saturated carbocycles. The molecular weight excluding hydrogens is 116 g/mol. The standard InChI is InChI=1S/C4H10.C2H2N2O/c1-4(2)3;1-2-4-5-3-1/h4H,1-3H3;1-2H. The second-order valence-electron chi connectivity index (χ2n) is 2.32. The monoisotopic (exact) mass is 128 g/mol. The highest BCUT2D eigenvalue weighted by Gasteiger charge is 1.68. The Morgan fingerprint density at radius 1 is 1.11 bits per heavy atom. The lowest BCUT2D eigenvalue weighted by molar-refractivity contribution is 0.307. The Labute approximate surface area is 55.0 Å². The zero-order chi connectivity index (χ0) is 7.11. The van der Waals surface area contributed by atoms with Gasteiger partial charge in [0.1, 0.15) is 0 Å². The van der Waals surface area contributed by atoms with E-state index in [1.807, 2.05) is 0 Å². The second-order valence-corrected chi connectivity index (χ2v) is 2.32. The maximum Gasteiger partial charge on any atom is 0.0913 e. The first-order valence-corrected chi connectivity index (χ1v) is 2.95. The van der Waals surface area contributed by atoms with Crippen LogP contribution in [0.2, 0.25) is 0 Å². The minimum Gasteiger partial charge on any atom is -0.245 e. The number of nitrogens with zero attached hydrogens (tertiary/aromatic N) is 2. The van der Waals surface area contributed by atoms with E-state index in [4.69, 9.17) is 0 Å². The van der Waals surface area contributed by atoms with Gasteiger partial charge in [-0.3, -0.25) is 0 Å². The molecule has 0 aliphatic rings. The van der Waals surface area contributed by atoms with Crippen LogP contribution < -0.4 is 0 Å². The average molecular weight is 128 g/mol. The van der Waals surface area contributed by atoms with Gasteiger partial charge in [0.15, 0.2) is 0 Å². The third-order valence-electron chi connectivity index (χ3n) is 0.283. The lowest BCUT2D eigenvalue weighted by atomic mass is 10.3. The molecule has 3 nitrogen and oxygen atoms in total. The lowest BCUT2D eigenvalue weighted by Crippen LogP contribution is -1.66. The van der Waals surface area contributed by atoms with Crippen LogP contribution in [-0.4, -0.2) is 10.3 Å². The fraction of sp³-hybridized carbons (Fsp3) is 0.667. The highest BCUT2D eigenvalue weighted by molar-refractivity contribution is 4.51. The summed E-state index contributed by atoms with van der Waals surface area (Å²) in [5, 5.41) is 6.47. The molecule has 9 heavy (non-hydrogen) atoms. The molecule has 0 aromatic carbocycles. The van der Waals surface area contributed by atoms with Crippen molar-refractivity contribution in [3.05, 3.63) is 12.4 Å². The minimum absolute atomic E-state index is 0.833. The first-order valence-electron chi connectivity index (χ1n) is 2.95. The molecule has 0 spiro atoms. The summed E-state index contributed by atoms with van der Waals surface area (Å²) in [6.45, 7) is 6.50. The molecule has 1 aromatic rings. The smallest absolute Gasteiger partial charge is 0.0913 e. The van der Waals surface area contributed by atoms with E-state index in [0.717, 1.165) is 5.92 Å². The first kappa shape index (κ1) is 8.14. The van der Waals surface area contributed by atoms with Crippen LogP contribution in [0.1, 0.15) is 20.8 Å². The van der Waals surface area contributed by atoms with Gasteiger partial charge < -0.3 is 0 Å². The maximum absolute atomic E-state index is 4.08. The second kappa shape index (κ2) is 5.28. The molecule has 0 atom stereocenters. The molecular formula is C6H12N2O. The predicted octanol–water partition coefficient (Wildman–Crippen LogP) is 1.73. The number of aromatic nitrogens is 2. The lowest BCUT2D eigenvalue weighted by Gasteiger charge is -1.79. The zero-order valence-electron chi connectivity index (χ0n) is 6.03. The van der Waals surface area contributed by atoms with E-state index in [0.29, 0.717) is 0 Å². The normalized spacial score (nSPS) is 8.44. The van der Waals surface area contributed by atoms with E-state index in [9.17, 15) is 0 Å². The van der Waals surface area contributed by atoms with Crippen molar-refractivity contribution < 1.29 is 4.63 Å². The van der Waals surface area contributed by atoms with Gasteiger partial charge in [-0.1, -0.05) is 31.1 Å². The quantitative estimate of drug-likeness (QED) is 0.534. The molecule has 52 valence electrons. The first-order chi connectivity index (χ1) is 4.23. The van der Waals surface area contributed by atoms with Gasteiger partial charge in [-0.05, 0) is 5.92 Å². The third-order valence-corrected chi connectivity index (χ3v) is 0.283. The highest BCUT2D eigenvalue weighted by Crippen LogP contribution is 1.81. The predicted molar refractivity (Wildman–Crippen MR) is 34.8 cm³/mol. The van der Waals surface area contributed by atoms with Crippen LogP contribution >= 0.6 is 0 Å². The largest absolute Gasteiger partial charge is 0.245 e. The topological polar surface area (TPSA) is 38.9 Å². The van der Waals surface area contributed by atoms with Crippen molar-refractivity contribution >= 4 is 0 Å². The van der Waals surface area contributed by atoms with E-state index < -0.39 is 0 Å². The Morgan fingerprint density at radius 2 is 1.44 bits per heavy atom. The van der Waals surface area contributed by atoms with E-state index in [1.54, 1.807) is 0 Å². The van der Waals surface area contributed by atoms with Gasteiger partial charge in [-0.15, -0.1) is 0 Å². The molecule has 1 rings (SSSR count). The number of hydrogen-bond acceptors (Lipinski definition) is 3.